The first kappa shape index (κ1) is 18.4. The van der Waals surface area contributed by atoms with Crippen LogP contribution in [-0.2, 0) is 16.1 Å². The Morgan fingerprint density at radius 2 is 1.75 bits per heavy atom. The number of benzene rings is 3. The first-order valence-corrected chi connectivity index (χ1v) is 9.80. The smallest absolute Gasteiger partial charge is 0.363 e. The highest BCUT2D eigenvalue weighted by atomic mass is 127. The van der Waals surface area contributed by atoms with Crippen LogP contribution in [0.4, 0.5) is 0 Å². The summed E-state index contributed by atoms with van der Waals surface area (Å²) in [6.07, 6.45) is 1.70. The third-order valence-corrected chi connectivity index (χ3v) is 4.84. The molecule has 0 aliphatic carbocycles. The van der Waals surface area contributed by atoms with Crippen molar-refractivity contribution < 1.29 is 14.3 Å². The first-order valence-electron chi connectivity index (χ1n) is 8.73. The topological polar surface area (TPSA) is 47.9 Å². The molecule has 0 atom stereocenters. The number of carbonyl (C=O) groups excluding carboxylic acids is 1. The average molecular weight is 481 g/mol. The van der Waals surface area contributed by atoms with Gasteiger partial charge in [-0.3, -0.25) is 0 Å². The molecule has 4 rings (SSSR count). The average Bonchev–Trinajstić information content (AvgIpc) is 3.09. The Bertz CT molecular complexity index is 1060. The predicted molar refractivity (Wildman–Crippen MR) is 117 cm³/mol. The lowest BCUT2D eigenvalue weighted by molar-refractivity contribution is -0.129. The van der Waals surface area contributed by atoms with Gasteiger partial charge in [-0.15, -0.1) is 0 Å². The van der Waals surface area contributed by atoms with Gasteiger partial charge in [0.05, 0.1) is 0 Å². The monoisotopic (exact) mass is 481 g/mol. The Morgan fingerprint density at radius 1 is 0.964 bits per heavy atom. The number of carbonyl (C=O) groups is 1. The Kier molecular flexibility index (Phi) is 5.53. The fourth-order valence-electron chi connectivity index (χ4n) is 2.71. The first-order chi connectivity index (χ1) is 13.7. The lowest BCUT2D eigenvalue weighted by Gasteiger charge is -2.07. The van der Waals surface area contributed by atoms with Crippen molar-refractivity contribution in [1.29, 1.82) is 0 Å². The van der Waals surface area contributed by atoms with Gasteiger partial charge in [0.2, 0.25) is 5.90 Å². The van der Waals surface area contributed by atoms with Crippen molar-refractivity contribution in [2.45, 2.75) is 6.61 Å². The molecule has 138 valence electrons. The minimum absolute atomic E-state index is 0.272. The molecule has 0 fully saturated rings. The van der Waals surface area contributed by atoms with Gasteiger partial charge in [-0.1, -0.05) is 42.5 Å². The molecule has 1 heterocycles. The molecule has 1 aliphatic heterocycles. The number of rotatable bonds is 5. The molecule has 3 aromatic carbocycles. The van der Waals surface area contributed by atoms with Gasteiger partial charge in [-0.2, -0.15) is 0 Å². The summed E-state index contributed by atoms with van der Waals surface area (Å²) in [4.78, 5) is 16.5. The number of aliphatic imine (C=N–C) groups is 1. The number of hydrogen-bond donors (Lipinski definition) is 0. The Labute approximate surface area is 176 Å². The summed E-state index contributed by atoms with van der Waals surface area (Å²) in [6, 6.07) is 25.1. The van der Waals surface area contributed by atoms with Gasteiger partial charge < -0.3 is 9.47 Å². The van der Waals surface area contributed by atoms with Crippen molar-refractivity contribution in [2.75, 3.05) is 0 Å². The van der Waals surface area contributed by atoms with Crippen LogP contribution >= 0.6 is 22.6 Å². The molecule has 28 heavy (non-hydrogen) atoms. The molecule has 0 bridgehead atoms. The quantitative estimate of drug-likeness (QED) is 0.286. The molecule has 3 aromatic rings. The second-order valence-electron chi connectivity index (χ2n) is 6.19. The third-order valence-electron chi connectivity index (χ3n) is 4.12. The minimum atomic E-state index is -0.455. The number of cyclic esters (lactones) is 1. The second-order valence-corrected chi connectivity index (χ2v) is 7.44. The fourth-order valence-corrected chi connectivity index (χ4v) is 3.07. The van der Waals surface area contributed by atoms with Crippen molar-refractivity contribution in [3.8, 4) is 5.75 Å². The number of halogens is 1. The van der Waals surface area contributed by atoms with Crippen LogP contribution in [0.15, 0.2) is 89.6 Å². The number of esters is 1. The molecule has 1 aliphatic rings. The van der Waals surface area contributed by atoms with Crippen LogP contribution in [0.3, 0.4) is 0 Å². The summed E-state index contributed by atoms with van der Waals surface area (Å²) in [5.41, 5.74) is 2.97. The van der Waals surface area contributed by atoms with Gasteiger partial charge in [0.25, 0.3) is 0 Å². The highest BCUT2D eigenvalue weighted by Gasteiger charge is 2.23. The van der Waals surface area contributed by atoms with Crippen molar-refractivity contribution >= 4 is 40.5 Å². The minimum Gasteiger partial charge on any atom is -0.489 e. The Balaban J connectivity index is 1.50. The maximum Gasteiger partial charge on any atom is 0.363 e. The van der Waals surface area contributed by atoms with Crippen LogP contribution in [0, 0.1) is 3.57 Å². The molecular weight excluding hydrogens is 465 g/mol. The van der Waals surface area contributed by atoms with Crippen molar-refractivity contribution in [2.24, 2.45) is 4.99 Å². The van der Waals surface area contributed by atoms with E-state index in [0.717, 1.165) is 22.4 Å². The molecule has 0 unspecified atom stereocenters. The fraction of sp³-hybridized carbons (Fsp3) is 0.0435. The molecule has 4 nitrogen and oxygen atoms in total. The highest BCUT2D eigenvalue weighted by molar-refractivity contribution is 14.1. The molecule has 0 aromatic heterocycles. The van der Waals surface area contributed by atoms with E-state index in [1.165, 1.54) is 3.57 Å². The number of nitrogens with zero attached hydrogens (tertiary/aromatic N) is 1. The van der Waals surface area contributed by atoms with E-state index in [4.69, 9.17) is 9.47 Å². The summed E-state index contributed by atoms with van der Waals surface area (Å²) in [5.74, 6) is 0.596. The van der Waals surface area contributed by atoms with E-state index < -0.39 is 5.97 Å². The number of ether oxygens (including phenoxy) is 2. The highest BCUT2D eigenvalue weighted by Crippen LogP contribution is 2.22. The van der Waals surface area contributed by atoms with Gasteiger partial charge in [-0.25, -0.2) is 9.79 Å². The Morgan fingerprint density at radius 3 is 2.54 bits per heavy atom. The lowest BCUT2D eigenvalue weighted by Crippen LogP contribution is -2.04. The van der Waals surface area contributed by atoms with E-state index in [-0.39, 0.29) is 5.70 Å². The van der Waals surface area contributed by atoms with Gasteiger partial charge in [0.15, 0.2) is 5.70 Å². The largest absolute Gasteiger partial charge is 0.489 e. The zero-order valence-electron chi connectivity index (χ0n) is 14.8. The molecule has 5 heteroatoms. The van der Waals surface area contributed by atoms with E-state index >= 15 is 0 Å². The number of hydrogen-bond acceptors (Lipinski definition) is 4. The van der Waals surface area contributed by atoms with Gasteiger partial charge >= 0.3 is 5.97 Å². The molecular formula is C23H16INO3. The molecule has 0 N–H and O–H groups in total. The van der Waals surface area contributed by atoms with E-state index in [1.54, 1.807) is 6.08 Å². The third kappa shape index (κ3) is 4.48. The standard InChI is InChI=1S/C23H16INO3/c24-19-11-9-16(10-12-19)15-27-20-8-4-5-17(13-20)14-21-23(26)28-22(25-21)18-6-2-1-3-7-18/h1-14H,15H2/b21-14+. The zero-order valence-corrected chi connectivity index (χ0v) is 17.0. The van der Waals surface area contributed by atoms with E-state index in [2.05, 4.69) is 27.6 Å². The van der Waals surface area contributed by atoms with Gasteiger partial charge in [0, 0.05) is 9.13 Å². The normalized spacial score (nSPS) is 14.7. The van der Waals surface area contributed by atoms with Crippen molar-refractivity contribution in [3.05, 3.63) is 105 Å². The van der Waals surface area contributed by atoms with Crippen LogP contribution in [0.2, 0.25) is 0 Å². The van der Waals surface area contributed by atoms with Crippen LogP contribution in [0.1, 0.15) is 16.7 Å². The van der Waals surface area contributed by atoms with Crippen LogP contribution < -0.4 is 4.74 Å². The summed E-state index contributed by atoms with van der Waals surface area (Å²) in [5, 5.41) is 0. The van der Waals surface area contributed by atoms with Crippen LogP contribution in [0.25, 0.3) is 6.08 Å². The lowest BCUT2D eigenvalue weighted by atomic mass is 10.2. The molecule has 0 amide bonds. The molecule has 0 spiro atoms. The van der Waals surface area contributed by atoms with Crippen molar-refractivity contribution in [1.82, 2.24) is 0 Å². The maximum absolute atomic E-state index is 12.1. The maximum atomic E-state index is 12.1. The van der Waals surface area contributed by atoms with E-state index in [1.807, 2.05) is 78.9 Å². The second kappa shape index (κ2) is 8.39. The summed E-state index contributed by atoms with van der Waals surface area (Å²) in [7, 11) is 0. The van der Waals surface area contributed by atoms with Crippen LogP contribution in [0.5, 0.6) is 5.75 Å². The van der Waals surface area contributed by atoms with Gasteiger partial charge in [-0.05, 0) is 76.2 Å². The van der Waals surface area contributed by atoms with E-state index in [9.17, 15) is 4.79 Å². The van der Waals surface area contributed by atoms with Crippen LogP contribution in [-0.4, -0.2) is 11.9 Å². The SMILES string of the molecule is O=C1OC(c2ccccc2)=N/C1=C/c1cccc(OCc2ccc(I)cc2)c1. The van der Waals surface area contributed by atoms with E-state index in [0.29, 0.717) is 12.5 Å². The Hall–Kier alpha value is -2.93. The van der Waals surface area contributed by atoms with Crippen molar-refractivity contribution in [3.63, 3.8) is 0 Å². The molecule has 0 radical (unpaired) electrons. The summed E-state index contributed by atoms with van der Waals surface area (Å²) < 4.78 is 12.3. The molecule has 0 saturated carbocycles. The summed E-state index contributed by atoms with van der Waals surface area (Å²) >= 11 is 2.28. The zero-order chi connectivity index (χ0) is 19.3. The predicted octanol–water partition coefficient (Wildman–Crippen LogP) is 5.21. The summed E-state index contributed by atoms with van der Waals surface area (Å²) in [6.45, 7) is 0.481. The molecule has 0 saturated heterocycles. The van der Waals surface area contributed by atoms with Gasteiger partial charge in [0.1, 0.15) is 12.4 Å².